The minimum Gasteiger partial charge on any atom is -0.508 e. The lowest BCUT2D eigenvalue weighted by atomic mass is 9.83. The number of aromatic hydroxyl groups is 1. The maximum atomic E-state index is 9.68. The van der Waals surface area contributed by atoms with Crippen LogP contribution in [0.4, 0.5) is 0 Å². The molecule has 2 aromatic rings. The normalized spacial score (nSPS) is 16.5. The van der Waals surface area contributed by atoms with Crippen molar-refractivity contribution in [2.75, 3.05) is 0 Å². The van der Waals surface area contributed by atoms with Crippen LogP contribution in [0.25, 0.3) is 0 Å². The molecule has 0 amide bonds. The average molecular weight is 293 g/mol. The van der Waals surface area contributed by atoms with Gasteiger partial charge >= 0.3 is 0 Å². The molecule has 0 aromatic heterocycles. The van der Waals surface area contributed by atoms with Crippen LogP contribution in [0.3, 0.4) is 0 Å². The van der Waals surface area contributed by atoms with Gasteiger partial charge in [0.1, 0.15) is 11.8 Å². The van der Waals surface area contributed by atoms with Crippen molar-refractivity contribution in [3.05, 3.63) is 64.2 Å². The summed E-state index contributed by atoms with van der Waals surface area (Å²) in [5, 5.41) is 9.68. The van der Waals surface area contributed by atoms with Gasteiger partial charge in [0.15, 0.2) is 0 Å². The summed E-state index contributed by atoms with van der Waals surface area (Å²) in [5.41, 5.74) is 6.29. The first kappa shape index (κ1) is 14.8. The van der Waals surface area contributed by atoms with E-state index in [0.29, 0.717) is 17.6 Å². The smallest absolute Gasteiger partial charge is 0.116 e. The highest BCUT2D eigenvalue weighted by Gasteiger charge is 2.27. The summed E-state index contributed by atoms with van der Waals surface area (Å²) in [4.78, 5) is 4.76. The SMILES string of the molecule is CC(C)c1cccc(C(C)C)c1C1N=Cc2cc(O)ccc21. The lowest BCUT2D eigenvalue weighted by Gasteiger charge is -2.23. The molecule has 22 heavy (non-hydrogen) atoms. The van der Waals surface area contributed by atoms with E-state index in [4.69, 9.17) is 4.99 Å². The monoisotopic (exact) mass is 293 g/mol. The molecular weight excluding hydrogens is 270 g/mol. The summed E-state index contributed by atoms with van der Waals surface area (Å²) >= 11 is 0. The molecule has 1 atom stereocenters. The fourth-order valence-corrected chi connectivity index (χ4v) is 3.31. The van der Waals surface area contributed by atoms with Crippen molar-refractivity contribution >= 4 is 6.21 Å². The molecule has 1 aliphatic rings. The first-order chi connectivity index (χ1) is 10.5. The Kier molecular flexibility index (Phi) is 3.78. The van der Waals surface area contributed by atoms with Gasteiger partial charge in [0.2, 0.25) is 0 Å². The van der Waals surface area contributed by atoms with Gasteiger partial charge < -0.3 is 5.11 Å². The minimum absolute atomic E-state index is 0.0478. The maximum Gasteiger partial charge on any atom is 0.116 e. The van der Waals surface area contributed by atoms with Crippen LogP contribution in [0.5, 0.6) is 5.75 Å². The van der Waals surface area contributed by atoms with Gasteiger partial charge in [0.05, 0.1) is 0 Å². The Labute approximate surface area is 132 Å². The second kappa shape index (κ2) is 5.60. The largest absolute Gasteiger partial charge is 0.508 e. The van der Waals surface area contributed by atoms with Gasteiger partial charge in [-0.05, 0) is 46.2 Å². The summed E-state index contributed by atoms with van der Waals surface area (Å²) in [5.74, 6) is 1.22. The summed E-state index contributed by atoms with van der Waals surface area (Å²) in [6, 6.07) is 12.2. The molecule has 3 rings (SSSR count). The van der Waals surface area contributed by atoms with Crippen LogP contribution >= 0.6 is 0 Å². The lowest BCUT2D eigenvalue weighted by molar-refractivity contribution is 0.475. The number of hydrogen-bond acceptors (Lipinski definition) is 2. The second-order valence-corrected chi connectivity index (χ2v) is 6.65. The zero-order chi connectivity index (χ0) is 15.9. The van der Waals surface area contributed by atoms with Gasteiger partial charge in [-0.1, -0.05) is 52.0 Å². The summed E-state index contributed by atoms with van der Waals surface area (Å²) in [6.07, 6.45) is 1.89. The Hall–Kier alpha value is -2.09. The molecule has 0 radical (unpaired) electrons. The third-order valence-electron chi connectivity index (χ3n) is 4.42. The Morgan fingerprint density at radius 3 is 2.18 bits per heavy atom. The molecule has 1 unspecified atom stereocenters. The maximum absolute atomic E-state index is 9.68. The number of aliphatic imine (C=N–C) groups is 1. The topological polar surface area (TPSA) is 32.6 Å². The Balaban J connectivity index is 2.20. The van der Waals surface area contributed by atoms with Crippen LogP contribution in [0.15, 0.2) is 41.4 Å². The predicted molar refractivity (Wildman–Crippen MR) is 92.2 cm³/mol. The molecule has 2 nitrogen and oxygen atoms in total. The first-order valence-corrected chi connectivity index (χ1v) is 7.97. The van der Waals surface area contributed by atoms with Crippen molar-refractivity contribution in [1.29, 1.82) is 0 Å². The molecule has 1 N–H and O–H groups in total. The summed E-state index contributed by atoms with van der Waals surface area (Å²) in [7, 11) is 0. The van der Waals surface area contributed by atoms with E-state index in [9.17, 15) is 5.11 Å². The van der Waals surface area contributed by atoms with E-state index in [0.717, 1.165) is 5.56 Å². The van der Waals surface area contributed by atoms with E-state index in [1.807, 2.05) is 12.3 Å². The van der Waals surface area contributed by atoms with Gasteiger partial charge in [0.25, 0.3) is 0 Å². The molecule has 0 fully saturated rings. The molecule has 0 saturated heterocycles. The first-order valence-electron chi connectivity index (χ1n) is 7.97. The Bertz CT molecular complexity index is 702. The van der Waals surface area contributed by atoms with E-state index in [2.05, 4.69) is 45.9 Å². The molecule has 1 heterocycles. The van der Waals surface area contributed by atoms with E-state index >= 15 is 0 Å². The third-order valence-corrected chi connectivity index (χ3v) is 4.42. The number of phenolic OH excluding ortho intramolecular Hbond substituents is 1. The van der Waals surface area contributed by atoms with Crippen LogP contribution in [-0.4, -0.2) is 11.3 Å². The van der Waals surface area contributed by atoms with Crippen LogP contribution in [0.1, 0.15) is 73.4 Å². The number of hydrogen-bond donors (Lipinski definition) is 1. The minimum atomic E-state index is 0.0478. The van der Waals surface area contributed by atoms with Crippen molar-refractivity contribution in [3.8, 4) is 5.75 Å². The zero-order valence-corrected chi connectivity index (χ0v) is 13.7. The van der Waals surface area contributed by atoms with E-state index in [1.54, 1.807) is 12.1 Å². The number of fused-ring (bicyclic) bond motifs is 1. The van der Waals surface area contributed by atoms with Crippen LogP contribution in [0, 0.1) is 0 Å². The molecule has 2 aromatic carbocycles. The van der Waals surface area contributed by atoms with Gasteiger partial charge in [-0.2, -0.15) is 0 Å². The van der Waals surface area contributed by atoms with Gasteiger partial charge in [-0.15, -0.1) is 0 Å². The van der Waals surface area contributed by atoms with E-state index in [-0.39, 0.29) is 6.04 Å². The van der Waals surface area contributed by atoms with Crippen LogP contribution < -0.4 is 0 Å². The number of rotatable bonds is 3. The predicted octanol–water partition coefficient (Wildman–Crippen LogP) is 5.16. The molecule has 1 aliphatic heterocycles. The standard InChI is InChI=1S/C20H23NO/c1-12(2)16-6-5-7-17(13(3)4)19(16)20-18-9-8-15(22)10-14(18)11-21-20/h5-13,20,22H,1-4H3. The fraction of sp³-hybridized carbons (Fsp3) is 0.350. The Morgan fingerprint density at radius 2 is 1.59 bits per heavy atom. The van der Waals surface area contributed by atoms with Gasteiger partial charge in [-0.25, -0.2) is 0 Å². The second-order valence-electron chi connectivity index (χ2n) is 6.65. The highest BCUT2D eigenvalue weighted by molar-refractivity contribution is 5.87. The van der Waals surface area contributed by atoms with Crippen molar-refractivity contribution in [3.63, 3.8) is 0 Å². The van der Waals surface area contributed by atoms with Gasteiger partial charge in [-0.3, -0.25) is 4.99 Å². The Morgan fingerprint density at radius 1 is 0.955 bits per heavy atom. The van der Waals surface area contributed by atoms with E-state index < -0.39 is 0 Å². The average Bonchev–Trinajstić information content (AvgIpc) is 2.88. The van der Waals surface area contributed by atoms with Crippen molar-refractivity contribution in [2.24, 2.45) is 4.99 Å². The highest BCUT2D eigenvalue weighted by Crippen LogP contribution is 2.41. The lowest BCUT2D eigenvalue weighted by Crippen LogP contribution is -2.08. The number of benzene rings is 2. The molecule has 0 bridgehead atoms. The molecule has 0 aliphatic carbocycles. The van der Waals surface area contributed by atoms with E-state index in [1.165, 1.54) is 22.3 Å². The summed E-state index contributed by atoms with van der Waals surface area (Å²) in [6.45, 7) is 8.94. The molecule has 114 valence electrons. The summed E-state index contributed by atoms with van der Waals surface area (Å²) < 4.78 is 0. The van der Waals surface area contributed by atoms with Crippen molar-refractivity contribution in [2.45, 2.75) is 45.6 Å². The molecule has 2 heteroatoms. The zero-order valence-electron chi connectivity index (χ0n) is 13.7. The highest BCUT2D eigenvalue weighted by atomic mass is 16.3. The van der Waals surface area contributed by atoms with Gasteiger partial charge in [0, 0.05) is 11.8 Å². The molecule has 0 saturated carbocycles. The molecule has 0 spiro atoms. The third kappa shape index (κ3) is 2.43. The quantitative estimate of drug-likeness (QED) is 0.833. The molecular formula is C20H23NO. The van der Waals surface area contributed by atoms with Crippen LogP contribution in [0.2, 0.25) is 0 Å². The van der Waals surface area contributed by atoms with Crippen LogP contribution in [-0.2, 0) is 0 Å². The number of nitrogens with zero attached hydrogens (tertiary/aromatic N) is 1. The fourth-order valence-electron chi connectivity index (χ4n) is 3.31. The van der Waals surface area contributed by atoms with Crippen molar-refractivity contribution < 1.29 is 5.11 Å². The van der Waals surface area contributed by atoms with Crippen molar-refractivity contribution in [1.82, 2.24) is 0 Å². The number of phenols is 1.